The van der Waals surface area contributed by atoms with E-state index in [9.17, 15) is 4.79 Å². The van der Waals surface area contributed by atoms with E-state index in [1.54, 1.807) is 22.9 Å². The molecule has 0 bridgehead atoms. The van der Waals surface area contributed by atoms with Crippen LogP contribution in [-0.2, 0) is 6.54 Å². The van der Waals surface area contributed by atoms with Crippen LogP contribution in [0.1, 0.15) is 41.2 Å². The number of anilines is 1. The summed E-state index contributed by atoms with van der Waals surface area (Å²) in [5.74, 6) is 0.286. The number of aromatic nitrogens is 2. The van der Waals surface area contributed by atoms with Gasteiger partial charge in [0.25, 0.3) is 5.91 Å². The van der Waals surface area contributed by atoms with E-state index in [0.29, 0.717) is 41.4 Å². The molecule has 0 fully saturated rings. The van der Waals surface area contributed by atoms with Crippen molar-refractivity contribution >= 4 is 11.6 Å². The largest absolute Gasteiger partial charge is 0.492 e. The third-order valence-corrected chi connectivity index (χ3v) is 3.56. The summed E-state index contributed by atoms with van der Waals surface area (Å²) in [5, 5.41) is 16.2. The molecule has 0 spiro atoms. The number of hydrogen-bond donors (Lipinski definition) is 1. The van der Waals surface area contributed by atoms with E-state index in [0.717, 1.165) is 5.69 Å². The van der Waals surface area contributed by atoms with Crippen molar-refractivity contribution in [3.8, 4) is 11.8 Å². The predicted octanol–water partition coefficient (Wildman–Crippen LogP) is 3.04. The molecule has 6 heteroatoms. The Morgan fingerprint density at radius 1 is 1.39 bits per heavy atom. The molecule has 0 atom stereocenters. The minimum absolute atomic E-state index is 0.254. The second-order valence-corrected chi connectivity index (χ2v) is 5.07. The fourth-order valence-corrected chi connectivity index (χ4v) is 2.50. The first-order valence-electron chi connectivity index (χ1n) is 7.54. The third kappa shape index (κ3) is 3.34. The summed E-state index contributed by atoms with van der Waals surface area (Å²) in [6.07, 6.45) is 0. The molecule has 1 aromatic heterocycles. The molecule has 6 nitrogen and oxygen atoms in total. The van der Waals surface area contributed by atoms with Crippen LogP contribution >= 0.6 is 0 Å². The van der Waals surface area contributed by atoms with Gasteiger partial charge in [0.2, 0.25) is 0 Å². The van der Waals surface area contributed by atoms with Crippen molar-refractivity contribution in [1.29, 1.82) is 5.26 Å². The van der Waals surface area contributed by atoms with Crippen molar-refractivity contribution in [2.75, 3.05) is 11.9 Å². The van der Waals surface area contributed by atoms with Gasteiger partial charge < -0.3 is 10.1 Å². The van der Waals surface area contributed by atoms with Crippen molar-refractivity contribution in [1.82, 2.24) is 9.78 Å². The van der Waals surface area contributed by atoms with Crippen LogP contribution in [-0.4, -0.2) is 22.3 Å². The lowest BCUT2D eigenvalue weighted by Gasteiger charge is -2.12. The normalized spacial score (nSPS) is 10.2. The average molecular weight is 312 g/mol. The van der Waals surface area contributed by atoms with Crippen LogP contribution in [0.5, 0.6) is 5.75 Å². The van der Waals surface area contributed by atoms with Crippen molar-refractivity contribution in [2.24, 2.45) is 0 Å². The predicted molar refractivity (Wildman–Crippen MR) is 87.7 cm³/mol. The highest BCUT2D eigenvalue weighted by Crippen LogP contribution is 2.27. The van der Waals surface area contributed by atoms with Crippen molar-refractivity contribution < 1.29 is 9.53 Å². The lowest BCUT2D eigenvalue weighted by Crippen LogP contribution is -2.15. The number of aryl methyl sites for hydroxylation is 2. The van der Waals surface area contributed by atoms with Crippen LogP contribution in [0.4, 0.5) is 5.69 Å². The molecule has 2 aromatic rings. The van der Waals surface area contributed by atoms with E-state index >= 15 is 0 Å². The van der Waals surface area contributed by atoms with Crippen molar-refractivity contribution in [3.63, 3.8) is 0 Å². The Labute approximate surface area is 135 Å². The lowest BCUT2D eigenvalue weighted by atomic mass is 10.1. The van der Waals surface area contributed by atoms with E-state index < -0.39 is 0 Å². The summed E-state index contributed by atoms with van der Waals surface area (Å²) in [6.45, 7) is 8.69. The molecule has 1 amide bonds. The average Bonchev–Trinajstić information content (AvgIpc) is 2.83. The molecule has 0 aliphatic carbocycles. The summed E-state index contributed by atoms with van der Waals surface area (Å²) < 4.78 is 7.31. The van der Waals surface area contributed by atoms with E-state index in [2.05, 4.69) is 16.5 Å². The van der Waals surface area contributed by atoms with Gasteiger partial charge in [-0.05, 0) is 45.9 Å². The molecule has 0 aliphatic rings. The van der Waals surface area contributed by atoms with Crippen molar-refractivity contribution in [3.05, 3.63) is 40.7 Å². The number of ether oxygens (including phenoxy) is 1. The third-order valence-electron chi connectivity index (χ3n) is 3.56. The molecule has 0 saturated heterocycles. The van der Waals surface area contributed by atoms with Crippen molar-refractivity contribution in [2.45, 2.75) is 34.2 Å². The Balaban J connectivity index is 2.37. The van der Waals surface area contributed by atoms with Crippen LogP contribution in [0.25, 0.3) is 0 Å². The number of carbonyl (C=O) groups excluding carboxylic acids is 1. The van der Waals surface area contributed by atoms with Gasteiger partial charge in [0.1, 0.15) is 5.75 Å². The molecule has 0 saturated carbocycles. The quantitative estimate of drug-likeness (QED) is 0.920. The van der Waals surface area contributed by atoms with E-state index in [4.69, 9.17) is 10.00 Å². The van der Waals surface area contributed by atoms with Gasteiger partial charge in [0.15, 0.2) is 0 Å². The molecule has 0 radical (unpaired) electrons. The highest BCUT2D eigenvalue weighted by atomic mass is 16.5. The maximum atomic E-state index is 12.6. The van der Waals surface area contributed by atoms with Crippen LogP contribution in [0.2, 0.25) is 0 Å². The number of benzene rings is 1. The van der Waals surface area contributed by atoms with Gasteiger partial charge in [0, 0.05) is 12.2 Å². The summed E-state index contributed by atoms with van der Waals surface area (Å²) in [4.78, 5) is 12.6. The number of nitriles is 1. The van der Waals surface area contributed by atoms with Gasteiger partial charge in [-0.25, -0.2) is 0 Å². The molecule has 2 rings (SSSR count). The summed E-state index contributed by atoms with van der Waals surface area (Å²) in [6, 6.07) is 7.02. The first-order chi connectivity index (χ1) is 11.0. The molecule has 1 N–H and O–H groups in total. The zero-order valence-electron chi connectivity index (χ0n) is 13.8. The topological polar surface area (TPSA) is 79.9 Å². The maximum Gasteiger partial charge on any atom is 0.259 e. The fourth-order valence-electron chi connectivity index (χ4n) is 2.50. The zero-order chi connectivity index (χ0) is 17.0. The summed E-state index contributed by atoms with van der Waals surface area (Å²) in [7, 11) is 0. The molecule has 0 unspecified atom stereocenters. The van der Waals surface area contributed by atoms with Gasteiger partial charge >= 0.3 is 0 Å². The minimum atomic E-state index is -0.254. The Morgan fingerprint density at radius 2 is 2.13 bits per heavy atom. The Hall–Kier alpha value is -2.81. The Bertz CT molecular complexity index is 772. The zero-order valence-corrected chi connectivity index (χ0v) is 13.8. The molecule has 0 aliphatic heterocycles. The monoisotopic (exact) mass is 312 g/mol. The van der Waals surface area contributed by atoms with Crippen LogP contribution in [0.15, 0.2) is 18.2 Å². The SMILES string of the molecule is CCOc1ccc(C#N)cc1NC(=O)c1c(C)nn(CC)c1C. The Morgan fingerprint density at radius 3 is 2.70 bits per heavy atom. The number of amides is 1. The van der Waals surface area contributed by atoms with Crippen LogP contribution in [0, 0.1) is 25.2 Å². The van der Waals surface area contributed by atoms with Crippen LogP contribution < -0.4 is 10.1 Å². The number of hydrogen-bond acceptors (Lipinski definition) is 4. The van der Waals surface area contributed by atoms with E-state index in [1.165, 1.54) is 0 Å². The molecule has 1 aromatic carbocycles. The van der Waals surface area contributed by atoms with Gasteiger partial charge in [-0.15, -0.1) is 0 Å². The first-order valence-corrected chi connectivity index (χ1v) is 7.54. The number of rotatable bonds is 5. The van der Waals surface area contributed by atoms with Gasteiger partial charge in [0.05, 0.1) is 35.2 Å². The fraction of sp³-hybridized carbons (Fsp3) is 0.353. The van der Waals surface area contributed by atoms with E-state index in [1.807, 2.05) is 27.7 Å². The smallest absolute Gasteiger partial charge is 0.259 e. The summed E-state index contributed by atoms with van der Waals surface area (Å²) in [5.41, 5.74) is 2.99. The number of nitrogens with one attached hydrogen (secondary N) is 1. The Kier molecular flexibility index (Phi) is 5.02. The molecule has 1 heterocycles. The van der Waals surface area contributed by atoms with Gasteiger partial charge in [-0.3, -0.25) is 9.48 Å². The summed E-state index contributed by atoms with van der Waals surface area (Å²) >= 11 is 0. The highest BCUT2D eigenvalue weighted by molar-refractivity contribution is 6.06. The molecule has 23 heavy (non-hydrogen) atoms. The van der Waals surface area contributed by atoms with Gasteiger partial charge in [-0.1, -0.05) is 0 Å². The molecular weight excluding hydrogens is 292 g/mol. The second kappa shape index (κ2) is 6.97. The van der Waals surface area contributed by atoms with Gasteiger partial charge in [-0.2, -0.15) is 10.4 Å². The number of carbonyl (C=O) groups is 1. The number of nitrogens with zero attached hydrogens (tertiary/aromatic N) is 3. The van der Waals surface area contributed by atoms with E-state index in [-0.39, 0.29) is 5.91 Å². The molecular formula is C17H20N4O2. The standard InChI is InChI=1S/C17H20N4O2/c1-5-21-12(4)16(11(3)20-21)17(22)19-14-9-13(10-18)7-8-15(14)23-6-2/h7-9H,5-6H2,1-4H3,(H,19,22). The lowest BCUT2D eigenvalue weighted by molar-refractivity contribution is 0.102. The first kappa shape index (κ1) is 16.6. The second-order valence-electron chi connectivity index (χ2n) is 5.07. The maximum absolute atomic E-state index is 12.6. The molecule has 120 valence electrons. The minimum Gasteiger partial charge on any atom is -0.492 e. The van der Waals surface area contributed by atoms with Crippen LogP contribution in [0.3, 0.4) is 0 Å². The highest BCUT2D eigenvalue weighted by Gasteiger charge is 2.19.